The summed E-state index contributed by atoms with van der Waals surface area (Å²) in [6, 6.07) is 11.4. The van der Waals surface area contributed by atoms with Crippen molar-refractivity contribution in [3.05, 3.63) is 53.5 Å². The quantitative estimate of drug-likeness (QED) is 0.824. The molecule has 98 valence electrons. The molecule has 1 aromatic heterocycles. The van der Waals surface area contributed by atoms with Gasteiger partial charge in [-0.05, 0) is 37.3 Å². The van der Waals surface area contributed by atoms with E-state index in [9.17, 15) is 0 Å². The third-order valence-corrected chi connectivity index (χ3v) is 4.02. The molecule has 1 heterocycles. The molecule has 0 amide bonds. The Labute approximate surface area is 114 Å². The van der Waals surface area contributed by atoms with Crippen LogP contribution in [0.15, 0.2) is 36.7 Å². The first-order chi connectivity index (χ1) is 9.24. The molecule has 2 aromatic rings. The molecule has 1 unspecified atom stereocenters. The average molecular weight is 253 g/mol. The molecule has 3 rings (SSSR count). The normalized spacial score (nSPS) is 17.9. The Bertz CT molecular complexity index is 580. The standard InChI is InChI=1S/C16H19N3/c1-12-9-16(18-11-17-12)19(2)15-8-7-13-5-3-4-6-14(13)10-15/h3-6,9,11,15H,7-8,10H2,1-2H3. The molecule has 1 aromatic carbocycles. The molecule has 0 N–H and O–H groups in total. The van der Waals surface area contributed by atoms with Crippen LogP contribution >= 0.6 is 0 Å². The van der Waals surface area contributed by atoms with Crippen molar-refractivity contribution >= 4 is 5.82 Å². The molecule has 1 aliphatic rings. The van der Waals surface area contributed by atoms with Gasteiger partial charge in [0.15, 0.2) is 0 Å². The topological polar surface area (TPSA) is 29.0 Å². The van der Waals surface area contributed by atoms with Crippen molar-refractivity contribution in [1.82, 2.24) is 9.97 Å². The summed E-state index contributed by atoms with van der Waals surface area (Å²) in [6.07, 6.45) is 5.11. The van der Waals surface area contributed by atoms with Gasteiger partial charge in [-0.25, -0.2) is 9.97 Å². The number of fused-ring (bicyclic) bond motifs is 1. The Balaban J connectivity index is 1.81. The number of hydrogen-bond donors (Lipinski definition) is 0. The molecule has 0 saturated carbocycles. The van der Waals surface area contributed by atoms with E-state index in [0.29, 0.717) is 6.04 Å². The van der Waals surface area contributed by atoms with Crippen molar-refractivity contribution in [3.8, 4) is 0 Å². The van der Waals surface area contributed by atoms with Crippen LogP contribution in [0, 0.1) is 6.92 Å². The number of nitrogens with zero attached hydrogens (tertiary/aromatic N) is 3. The zero-order chi connectivity index (χ0) is 13.2. The molecule has 0 bridgehead atoms. The maximum Gasteiger partial charge on any atom is 0.132 e. The second-order valence-corrected chi connectivity index (χ2v) is 5.29. The minimum atomic E-state index is 0.532. The summed E-state index contributed by atoms with van der Waals surface area (Å²) in [4.78, 5) is 10.8. The van der Waals surface area contributed by atoms with Crippen molar-refractivity contribution in [1.29, 1.82) is 0 Å². The third-order valence-electron chi connectivity index (χ3n) is 4.02. The maximum absolute atomic E-state index is 4.39. The van der Waals surface area contributed by atoms with Crippen molar-refractivity contribution in [2.45, 2.75) is 32.2 Å². The molecular weight excluding hydrogens is 234 g/mol. The summed E-state index contributed by atoms with van der Waals surface area (Å²) in [5.74, 6) is 1.02. The minimum Gasteiger partial charge on any atom is -0.356 e. The van der Waals surface area contributed by atoms with Crippen LogP contribution in [-0.2, 0) is 12.8 Å². The summed E-state index contributed by atoms with van der Waals surface area (Å²) >= 11 is 0. The first-order valence-electron chi connectivity index (χ1n) is 6.82. The van der Waals surface area contributed by atoms with Crippen LogP contribution in [-0.4, -0.2) is 23.1 Å². The predicted octanol–water partition coefficient (Wildman–Crippen LogP) is 2.78. The van der Waals surface area contributed by atoms with Gasteiger partial charge in [0.2, 0.25) is 0 Å². The SMILES string of the molecule is Cc1cc(N(C)C2CCc3ccccc3C2)ncn1. The van der Waals surface area contributed by atoms with Gasteiger partial charge in [-0.3, -0.25) is 0 Å². The lowest BCUT2D eigenvalue weighted by atomic mass is 9.88. The number of anilines is 1. The van der Waals surface area contributed by atoms with Crippen molar-refractivity contribution in [3.63, 3.8) is 0 Å². The fourth-order valence-corrected chi connectivity index (χ4v) is 2.83. The molecule has 19 heavy (non-hydrogen) atoms. The Morgan fingerprint density at radius 2 is 1.95 bits per heavy atom. The van der Waals surface area contributed by atoms with Crippen molar-refractivity contribution in [2.24, 2.45) is 0 Å². The van der Waals surface area contributed by atoms with Crippen LogP contribution in [0.1, 0.15) is 23.2 Å². The third kappa shape index (κ3) is 2.46. The van der Waals surface area contributed by atoms with Gasteiger partial charge in [-0.1, -0.05) is 24.3 Å². The fourth-order valence-electron chi connectivity index (χ4n) is 2.83. The molecule has 0 aliphatic heterocycles. The van der Waals surface area contributed by atoms with E-state index in [2.05, 4.69) is 52.2 Å². The van der Waals surface area contributed by atoms with Gasteiger partial charge in [-0.2, -0.15) is 0 Å². The largest absolute Gasteiger partial charge is 0.356 e. The number of likely N-dealkylation sites (N-methyl/N-ethyl adjacent to an activating group) is 1. The van der Waals surface area contributed by atoms with E-state index in [0.717, 1.165) is 24.4 Å². The number of benzene rings is 1. The van der Waals surface area contributed by atoms with E-state index >= 15 is 0 Å². The van der Waals surface area contributed by atoms with Crippen LogP contribution < -0.4 is 4.90 Å². The second kappa shape index (κ2) is 5.00. The fraction of sp³-hybridized carbons (Fsp3) is 0.375. The Kier molecular flexibility index (Phi) is 3.20. The van der Waals surface area contributed by atoms with E-state index in [1.165, 1.54) is 17.5 Å². The summed E-state index contributed by atoms with van der Waals surface area (Å²) in [5.41, 5.74) is 4.01. The second-order valence-electron chi connectivity index (χ2n) is 5.29. The maximum atomic E-state index is 4.39. The Hall–Kier alpha value is -1.90. The van der Waals surface area contributed by atoms with Crippen LogP contribution in [0.4, 0.5) is 5.82 Å². The van der Waals surface area contributed by atoms with E-state index in [-0.39, 0.29) is 0 Å². The molecule has 1 aliphatic carbocycles. The molecule has 0 radical (unpaired) electrons. The highest BCUT2D eigenvalue weighted by molar-refractivity contribution is 5.41. The van der Waals surface area contributed by atoms with Crippen LogP contribution in [0.5, 0.6) is 0 Å². The van der Waals surface area contributed by atoms with Crippen molar-refractivity contribution < 1.29 is 0 Å². The van der Waals surface area contributed by atoms with E-state index < -0.39 is 0 Å². The summed E-state index contributed by atoms with van der Waals surface area (Å²) < 4.78 is 0. The smallest absolute Gasteiger partial charge is 0.132 e. The van der Waals surface area contributed by atoms with Gasteiger partial charge in [0.1, 0.15) is 12.1 Å². The minimum absolute atomic E-state index is 0.532. The monoisotopic (exact) mass is 253 g/mol. The molecule has 0 saturated heterocycles. The van der Waals surface area contributed by atoms with Gasteiger partial charge in [0, 0.05) is 24.8 Å². The summed E-state index contributed by atoms with van der Waals surface area (Å²) in [7, 11) is 2.14. The molecule has 3 heteroatoms. The number of aromatic nitrogens is 2. The summed E-state index contributed by atoms with van der Waals surface area (Å²) in [5, 5.41) is 0. The molecule has 3 nitrogen and oxygen atoms in total. The Morgan fingerprint density at radius 1 is 1.16 bits per heavy atom. The average Bonchev–Trinajstić information content (AvgIpc) is 2.46. The summed E-state index contributed by atoms with van der Waals surface area (Å²) in [6.45, 7) is 2.01. The van der Waals surface area contributed by atoms with E-state index in [1.807, 2.05) is 6.92 Å². The Morgan fingerprint density at radius 3 is 2.74 bits per heavy atom. The first kappa shape index (κ1) is 12.2. The lowest BCUT2D eigenvalue weighted by Gasteiger charge is -2.33. The van der Waals surface area contributed by atoms with Gasteiger partial charge >= 0.3 is 0 Å². The molecule has 1 atom stereocenters. The van der Waals surface area contributed by atoms with Crippen LogP contribution in [0.25, 0.3) is 0 Å². The number of aryl methyl sites for hydroxylation is 2. The number of hydrogen-bond acceptors (Lipinski definition) is 3. The highest BCUT2D eigenvalue weighted by Crippen LogP contribution is 2.26. The predicted molar refractivity (Wildman–Crippen MR) is 77.4 cm³/mol. The van der Waals surface area contributed by atoms with Crippen molar-refractivity contribution in [2.75, 3.05) is 11.9 Å². The van der Waals surface area contributed by atoms with Crippen LogP contribution in [0.3, 0.4) is 0 Å². The zero-order valence-electron chi connectivity index (χ0n) is 11.5. The highest BCUT2D eigenvalue weighted by atomic mass is 15.2. The first-order valence-corrected chi connectivity index (χ1v) is 6.82. The van der Waals surface area contributed by atoms with E-state index in [4.69, 9.17) is 0 Å². The molecular formula is C16H19N3. The highest BCUT2D eigenvalue weighted by Gasteiger charge is 2.22. The van der Waals surface area contributed by atoms with Gasteiger partial charge < -0.3 is 4.90 Å². The molecule has 0 spiro atoms. The van der Waals surface area contributed by atoms with Crippen LogP contribution in [0.2, 0.25) is 0 Å². The van der Waals surface area contributed by atoms with Gasteiger partial charge in [0.05, 0.1) is 0 Å². The molecule has 0 fully saturated rings. The number of rotatable bonds is 2. The lowest BCUT2D eigenvalue weighted by Crippen LogP contribution is -2.37. The van der Waals surface area contributed by atoms with Gasteiger partial charge in [-0.15, -0.1) is 0 Å². The lowest BCUT2D eigenvalue weighted by molar-refractivity contribution is 0.544. The van der Waals surface area contributed by atoms with Gasteiger partial charge in [0.25, 0.3) is 0 Å². The zero-order valence-corrected chi connectivity index (χ0v) is 11.5. The van der Waals surface area contributed by atoms with E-state index in [1.54, 1.807) is 6.33 Å².